The van der Waals surface area contributed by atoms with Gasteiger partial charge in [0.15, 0.2) is 5.13 Å². The van der Waals surface area contributed by atoms with Gasteiger partial charge >= 0.3 is 5.91 Å². The fraction of sp³-hybridized carbons (Fsp3) is 0.167. The first-order valence-electron chi connectivity index (χ1n) is 12.0. The van der Waals surface area contributed by atoms with E-state index >= 15 is 0 Å². The monoisotopic (exact) mass is 526 g/mol. The highest BCUT2D eigenvalue weighted by Gasteiger charge is 2.48. The summed E-state index contributed by atoms with van der Waals surface area (Å²) in [7, 11) is 1.56. The Labute approximate surface area is 224 Å². The van der Waals surface area contributed by atoms with E-state index < -0.39 is 17.7 Å². The van der Waals surface area contributed by atoms with Gasteiger partial charge in [-0.05, 0) is 73.0 Å². The van der Waals surface area contributed by atoms with Gasteiger partial charge in [-0.3, -0.25) is 14.5 Å². The molecule has 0 aliphatic carbocycles. The topological polar surface area (TPSA) is 89.0 Å². The minimum absolute atomic E-state index is 0.00485. The zero-order valence-corrected chi connectivity index (χ0v) is 22.0. The van der Waals surface area contributed by atoms with Gasteiger partial charge in [0, 0.05) is 5.56 Å². The molecule has 192 valence electrons. The van der Waals surface area contributed by atoms with Gasteiger partial charge in [0.2, 0.25) is 0 Å². The van der Waals surface area contributed by atoms with E-state index in [4.69, 9.17) is 9.47 Å². The summed E-state index contributed by atoms with van der Waals surface area (Å²) in [6, 6.07) is 17.2. The van der Waals surface area contributed by atoms with Crippen molar-refractivity contribution in [3.63, 3.8) is 0 Å². The van der Waals surface area contributed by atoms with Gasteiger partial charge in [0.05, 0.1) is 28.9 Å². The summed E-state index contributed by atoms with van der Waals surface area (Å²) >= 11 is 1.33. The lowest BCUT2D eigenvalue weighted by molar-refractivity contribution is -0.132. The fourth-order valence-electron chi connectivity index (χ4n) is 4.55. The third kappa shape index (κ3) is 4.43. The lowest BCUT2D eigenvalue weighted by Crippen LogP contribution is -2.29. The molecule has 8 heteroatoms. The van der Waals surface area contributed by atoms with Gasteiger partial charge in [-0.1, -0.05) is 42.2 Å². The number of ketones is 1. The summed E-state index contributed by atoms with van der Waals surface area (Å²) in [5, 5.41) is 11.8. The number of thiazole rings is 1. The summed E-state index contributed by atoms with van der Waals surface area (Å²) in [6.45, 7) is 7.84. The van der Waals surface area contributed by atoms with Crippen LogP contribution >= 0.6 is 11.3 Å². The Morgan fingerprint density at radius 1 is 1.11 bits per heavy atom. The summed E-state index contributed by atoms with van der Waals surface area (Å²) in [5.41, 5.74) is 3.63. The number of benzene rings is 3. The SMILES string of the molecule is C=CCOc1ccc([C@H]2C(=C(O)c3ccc(OC)c(C)c3)C(=O)C(=O)N2c2nc3ccc(C)cc3s2)cc1. The molecule has 1 saturated heterocycles. The number of aliphatic hydroxyl groups is 1. The second kappa shape index (κ2) is 10.1. The van der Waals surface area contributed by atoms with Crippen LogP contribution in [-0.4, -0.2) is 35.5 Å². The van der Waals surface area contributed by atoms with Crippen LogP contribution in [0.2, 0.25) is 0 Å². The number of Topliss-reactive ketones (excluding diaryl/α,β-unsaturated/α-hetero) is 1. The number of aromatic nitrogens is 1. The number of anilines is 1. The Balaban J connectivity index is 1.68. The first-order chi connectivity index (χ1) is 18.3. The number of carbonyl (C=O) groups excluding carboxylic acids is 2. The lowest BCUT2D eigenvalue weighted by Gasteiger charge is -2.23. The number of hydrogen-bond acceptors (Lipinski definition) is 7. The first kappa shape index (κ1) is 25.2. The molecular formula is C30H26N2O5S. The van der Waals surface area contributed by atoms with E-state index in [1.54, 1.807) is 55.7 Å². The van der Waals surface area contributed by atoms with Crippen molar-refractivity contribution >= 4 is 44.1 Å². The van der Waals surface area contributed by atoms with Crippen LogP contribution in [0.4, 0.5) is 5.13 Å². The van der Waals surface area contributed by atoms with Crippen LogP contribution in [0.5, 0.6) is 11.5 Å². The minimum atomic E-state index is -0.882. The van der Waals surface area contributed by atoms with Crippen molar-refractivity contribution in [1.29, 1.82) is 0 Å². The zero-order valence-electron chi connectivity index (χ0n) is 21.2. The smallest absolute Gasteiger partial charge is 0.301 e. The van der Waals surface area contributed by atoms with E-state index in [0.29, 0.717) is 34.4 Å². The molecule has 0 bridgehead atoms. The van der Waals surface area contributed by atoms with Gasteiger partial charge in [-0.15, -0.1) is 0 Å². The highest BCUT2D eigenvalue weighted by molar-refractivity contribution is 7.22. The maximum Gasteiger partial charge on any atom is 0.301 e. The van der Waals surface area contributed by atoms with E-state index in [9.17, 15) is 14.7 Å². The van der Waals surface area contributed by atoms with E-state index in [2.05, 4.69) is 11.6 Å². The molecule has 0 saturated carbocycles. The van der Waals surface area contributed by atoms with Crippen molar-refractivity contribution < 1.29 is 24.2 Å². The van der Waals surface area contributed by atoms with Crippen LogP contribution in [0.1, 0.15) is 28.3 Å². The van der Waals surface area contributed by atoms with Gasteiger partial charge in [0.1, 0.15) is 23.9 Å². The predicted molar refractivity (Wildman–Crippen MR) is 149 cm³/mol. The lowest BCUT2D eigenvalue weighted by atomic mass is 9.95. The number of amides is 1. The van der Waals surface area contributed by atoms with Crippen LogP contribution in [0.3, 0.4) is 0 Å². The molecule has 4 aromatic rings. The Bertz CT molecular complexity index is 1600. The standard InChI is InChI=1S/C30H26N2O5S/c1-5-14-37-21-10-7-19(8-11-21)26-25(27(33)20-9-13-23(36-4)18(3)16-20)28(34)29(35)32(26)30-31-22-12-6-17(2)15-24(22)38-30/h5-13,15-16,26,33H,1,14H2,2-4H3/t26-/m0/s1. The predicted octanol–water partition coefficient (Wildman–Crippen LogP) is 6.11. The zero-order chi connectivity index (χ0) is 27.0. The van der Waals surface area contributed by atoms with E-state index in [1.165, 1.54) is 16.2 Å². The Kier molecular flexibility index (Phi) is 6.73. The summed E-state index contributed by atoms with van der Waals surface area (Å²) in [6.07, 6.45) is 1.65. The third-order valence-electron chi connectivity index (χ3n) is 6.42. The van der Waals surface area contributed by atoms with Crippen LogP contribution in [0.15, 0.2) is 78.9 Å². The number of fused-ring (bicyclic) bond motifs is 1. The quantitative estimate of drug-likeness (QED) is 0.135. The first-order valence-corrected chi connectivity index (χ1v) is 12.8. The van der Waals surface area contributed by atoms with Crippen molar-refractivity contribution in [3.8, 4) is 11.5 Å². The highest BCUT2D eigenvalue weighted by atomic mass is 32.1. The molecule has 1 atom stereocenters. The number of nitrogens with zero attached hydrogens (tertiary/aromatic N) is 2. The second-order valence-electron chi connectivity index (χ2n) is 8.99. The van der Waals surface area contributed by atoms with Gasteiger partial charge < -0.3 is 14.6 Å². The Morgan fingerprint density at radius 2 is 1.87 bits per heavy atom. The van der Waals surface area contributed by atoms with Gasteiger partial charge in [0.25, 0.3) is 5.78 Å². The number of aryl methyl sites for hydroxylation is 2. The number of methoxy groups -OCH3 is 1. The number of ether oxygens (including phenoxy) is 2. The van der Waals surface area contributed by atoms with E-state index in [-0.39, 0.29) is 11.3 Å². The van der Waals surface area contributed by atoms with Gasteiger partial charge in [-0.2, -0.15) is 0 Å². The van der Waals surface area contributed by atoms with Crippen molar-refractivity contribution in [2.24, 2.45) is 0 Å². The Hall–Kier alpha value is -4.43. The van der Waals surface area contributed by atoms with E-state index in [0.717, 1.165) is 21.3 Å². The molecule has 1 aliphatic rings. The molecule has 0 unspecified atom stereocenters. The van der Waals surface area contributed by atoms with Crippen molar-refractivity contribution in [2.45, 2.75) is 19.9 Å². The maximum atomic E-state index is 13.5. The Morgan fingerprint density at radius 3 is 2.55 bits per heavy atom. The minimum Gasteiger partial charge on any atom is -0.507 e. The summed E-state index contributed by atoms with van der Waals surface area (Å²) < 4.78 is 11.8. The largest absolute Gasteiger partial charge is 0.507 e. The van der Waals surface area contributed by atoms with Crippen LogP contribution in [-0.2, 0) is 9.59 Å². The van der Waals surface area contributed by atoms with Crippen LogP contribution in [0.25, 0.3) is 16.0 Å². The average Bonchev–Trinajstić information content (AvgIpc) is 3.44. The van der Waals surface area contributed by atoms with Crippen molar-refractivity contribution in [2.75, 3.05) is 18.6 Å². The number of carbonyl (C=O) groups is 2. The van der Waals surface area contributed by atoms with E-state index in [1.807, 2.05) is 32.0 Å². The molecule has 1 amide bonds. The van der Waals surface area contributed by atoms with Crippen LogP contribution in [0, 0.1) is 13.8 Å². The summed E-state index contributed by atoms with van der Waals surface area (Å²) in [4.78, 5) is 33.0. The number of hydrogen-bond donors (Lipinski definition) is 1. The molecule has 2 heterocycles. The molecule has 1 N–H and O–H groups in total. The normalized spacial score (nSPS) is 16.7. The molecule has 3 aromatic carbocycles. The number of aliphatic hydroxyl groups excluding tert-OH is 1. The average molecular weight is 527 g/mol. The van der Waals surface area contributed by atoms with Crippen molar-refractivity contribution in [1.82, 2.24) is 4.98 Å². The fourth-order valence-corrected chi connectivity index (χ4v) is 5.64. The molecule has 7 nitrogen and oxygen atoms in total. The number of rotatable bonds is 7. The molecule has 0 radical (unpaired) electrons. The molecule has 0 spiro atoms. The molecular weight excluding hydrogens is 500 g/mol. The third-order valence-corrected chi connectivity index (χ3v) is 7.43. The summed E-state index contributed by atoms with van der Waals surface area (Å²) in [5.74, 6) is -0.510. The molecule has 1 aromatic heterocycles. The molecule has 1 aliphatic heterocycles. The maximum absolute atomic E-state index is 13.5. The second-order valence-corrected chi connectivity index (χ2v) is 10.00. The molecule has 38 heavy (non-hydrogen) atoms. The van der Waals surface area contributed by atoms with Gasteiger partial charge in [-0.25, -0.2) is 4.98 Å². The van der Waals surface area contributed by atoms with Crippen LogP contribution < -0.4 is 14.4 Å². The van der Waals surface area contributed by atoms with Crippen molar-refractivity contribution in [3.05, 3.63) is 101 Å². The molecule has 5 rings (SSSR count). The highest BCUT2D eigenvalue weighted by Crippen LogP contribution is 2.44. The molecule has 1 fully saturated rings.